The summed E-state index contributed by atoms with van der Waals surface area (Å²) in [6, 6.07) is 6.92. The van der Waals surface area contributed by atoms with Crippen LogP contribution in [0.25, 0.3) is 11.1 Å². The van der Waals surface area contributed by atoms with Gasteiger partial charge in [-0.1, -0.05) is 0 Å². The van der Waals surface area contributed by atoms with Crippen LogP contribution >= 0.6 is 0 Å². The number of ether oxygens (including phenoxy) is 1. The first-order valence-corrected chi connectivity index (χ1v) is 5.67. The van der Waals surface area contributed by atoms with Crippen LogP contribution in [0.2, 0.25) is 0 Å². The number of halogens is 3. The highest BCUT2D eigenvalue weighted by molar-refractivity contribution is 5.81. The van der Waals surface area contributed by atoms with Gasteiger partial charge in [-0.25, -0.2) is 0 Å². The average Bonchev–Trinajstić information content (AvgIpc) is 2.37. The highest BCUT2D eigenvalue weighted by Gasteiger charge is 2.32. The van der Waals surface area contributed by atoms with Crippen molar-refractivity contribution >= 4 is 6.29 Å². The summed E-state index contributed by atoms with van der Waals surface area (Å²) in [6.07, 6.45) is -2.75. The van der Waals surface area contributed by atoms with Gasteiger partial charge in [0.1, 0.15) is 12.0 Å². The van der Waals surface area contributed by atoms with Crippen LogP contribution in [0.3, 0.4) is 0 Å². The Hall–Kier alpha value is -2.37. The number of pyridine rings is 1. The van der Waals surface area contributed by atoms with Crippen LogP contribution < -0.4 is 4.74 Å². The fourth-order valence-corrected chi connectivity index (χ4v) is 1.77. The van der Waals surface area contributed by atoms with Crippen LogP contribution in [0.5, 0.6) is 5.75 Å². The third kappa shape index (κ3) is 3.34. The standard InChI is InChI=1S/C14H10F3NO2/c1-9-6-11(4-5-18-9)12-7-10(8-19)2-3-13(12)20-14(15,16)17/h2-8H,1H3. The normalized spacial score (nSPS) is 11.2. The number of rotatable bonds is 3. The lowest BCUT2D eigenvalue weighted by Gasteiger charge is -2.14. The number of carbonyl (C=O) groups excluding carboxylic acids is 1. The molecule has 20 heavy (non-hydrogen) atoms. The molecule has 2 rings (SSSR count). The first-order chi connectivity index (χ1) is 9.39. The van der Waals surface area contributed by atoms with Crippen LogP contribution in [0.4, 0.5) is 13.2 Å². The Kier molecular flexibility index (Phi) is 3.74. The van der Waals surface area contributed by atoms with Crippen LogP contribution in [0.1, 0.15) is 16.1 Å². The third-order valence-corrected chi connectivity index (χ3v) is 2.57. The summed E-state index contributed by atoms with van der Waals surface area (Å²) in [5.74, 6) is -0.353. The maximum Gasteiger partial charge on any atom is 0.573 e. The lowest BCUT2D eigenvalue weighted by Crippen LogP contribution is -2.17. The van der Waals surface area contributed by atoms with Crippen LogP contribution in [0, 0.1) is 6.92 Å². The zero-order chi connectivity index (χ0) is 14.8. The number of hydrogen-bond donors (Lipinski definition) is 0. The molecule has 6 heteroatoms. The summed E-state index contributed by atoms with van der Waals surface area (Å²) < 4.78 is 41.2. The molecule has 0 saturated heterocycles. The quantitative estimate of drug-likeness (QED) is 0.804. The topological polar surface area (TPSA) is 39.2 Å². The number of aryl methyl sites for hydroxylation is 1. The molecule has 0 spiro atoms. The summed E-state index contributed by atoms with van der Waals surface area (Å²) in [5, 5.41) is 0. The van der Waals surface area contributed by atoms with Gasteiger partial charge in [0.25, 0.3) is 0 Å². The van der Waals surface area contributed by atoms with E-state index in [0.717, 1.165) is 6.07 Å². The van der Waals surface area contributed by atoms with Gasteiger partial charge in [0, 0.05) is 23.0 Å². The lowest BCUT2D eigenvalue weighted by molar-refractivity contribution is -0.274. The monoisotopic (exact) mass is 281 g/mol. The van der Waals surface area contributed by atoms with Gasteiger partial charge in [0.15, 0.2) is 0 Å². The van der Waals surface area contributed by atoms with Crippen molar-refractivity contribution in [1.82, 2.24) is 4.98 Å². The fraction of sp³-hybridized carbons (Fsp3) is 0.143. The van der Waals surface area contributed by atoms with Gasteiger partial charge in [-0.15, -0.1) is 13.2 Å². The number of aromatic nitrogens is 1. The highest BCUT2D eigenvalue weighted by atomic mass is 19.4. The van der Waals surface area contributed by atoms with Gasteiger partial charge in [0.05, 0.1) is 0 Å². The minimum atomic E-state index is -4.79. The molecular formula is C14H10F3NO2. The molecule has 2 aromatic rings. The Morgan fingerprint density at radius 2 is 1.95 bits per heavy atom. The smallest absolute Gasteiger partial charge is 0.405 e. The highest BCUT2D eigenvalue weighted by Crippen LogP contribution is 2.34. The Balaban J connectivity index is 2.55. The van der Waals surface area contributed by atoms with E-state index in [9.17, 15) is 18.0 Å². The predicted octanol–water partition coefficient (Wildman–Crippen LogP) is 3.77. The summed E-state index contributed by atoms with van der Waals surface area (Å²) in [4.78, 5) is 14.8. The number of carbonyl (C=O) groups is 1. The zero-order valence-electron chi connectivity index (χ0n) is 10.4. The maximum atomic E-state index is 12.4. The van der Waals surface area contributed by atoms with Crippen molar-refractivity contribution in [2.75, 3.05) is 0 Å². The van der Waals surface area contributed by atoms with E-state index < -0.39 is 6.36 Å². The first-order valence-electron chi connectivity index (χ1n) is 5.67. The number of nitrogens with zero attached hydrogens (tertiary/aromatic N) is 1. The van der Waals surface area contributed by atoms with E-state index in [1.54, 1.807) is 19.1 Å². The molecule has 0 amide bonds. The second-order valence-electron chi connectivity index (χ2n) is 4.11. The molecule has 0 atom stereocenters. The third-order valence-electron chi connectivity index (χ3n) is 2.57. The van der Waals surface area contributed by atoms with Crippen molar-refractivity contribution < 1.29 is 22.7 Å². The molecule has 0 aliphatic rings. The van der Waals surface area contributed by atoms with Crippen molar-refractivity contribution in [2.45, 2.75) is 13.3 Å². The summed E-state index contributed by atoms with van der Waals surface area (Å²) in [5.41, 5.74) is 1.61. The van der Waals surface area contributed by atoms with E-state index in [1.807, 2.05) is 0 Å². The molecule has 1 heterocycles. The van der Waals surface area contributed by atoms with Gasteiger partial charge in [-0.2, -0.15) is 0 Å². The van der Waals surface area contributed by atoms with Crippen molar-refractivity contribution in [3.63, 3.8) is 0 Å². The van der Waals surface area contributed by atoms with E-state index in [1.165, 1.54) is 18.3 Å². The molecule has 1 aromatic heterocycles. The van der Waals surface area contributed by atoms with E-state index in [0.29, 0.717) is 17.5 Å². The van der Waals surface area contributed by atoms with Gasteiger partial charge < -0.3 is 4.74 Å². The molecule has 0 aliphatic carbocycles. The number of benzene rings is 1. The van der Waals surface area contributed by atoms with Gasteiger partial charge in [-0.3, -0.25) is 9.78 Å². The summed E-state index contributed by atoms with van der Waals surface area (Å²) in [7, 11) is 0. The Bertz CT molecular complexity index is 639. The molecule has 0 radical (unpaired) electrons. The SMILES string of the molecule is Cc1cc(-c2cc(C=O)ccc2OC(F)(F)F)ccn1. The van der Waals surface area contributed by atoms with Crippen LogP contribution in [-0.2, 0) is 0 Å². The molecule has 0 fully saturated rings. The Labute approximate surface area is 113 Å². The largest absolute Gasteiger partial charge is 0.573 e. The first kappa shape index (κ1) is 14.0. The van der Waals surface area contributed by atoms with Crippen LogP contribution in [0.15, 0.2) is 36.5 Å². The second-order valence-corrected chi connectivity index (χ2v) is 4.11. The summed E-state index contributed by atoms with van der Waals surface area (Å²) >= 11 is 0. The van der Waals surface area contributed by atoms with Gasteiger partial charge >= 0.3 is 6.36 Å². The van der Waals surface area contributed by atoms with E-state index in [4.69, 9.17) is 0 Å². The second kappa shape index (κ2) is 5.32. The molecule has 3 nitrogen and oxygen atoms in total. The Morgan fingerprint density at radius 1 is 1.20 bits per heavy atom. The number of alkyl halides is 3. The molecular weight excluding hydrogens is 271 g/mol. The maximum absolute atomic E-state index is 12.4. The van der Waals surface area contributed by atoms with Crippen molar-refractivity contribution in [3.8, 4) is 16.9 Å². The number of aldehydes is 1. The van der Waals surface area contributed by atoms with E-state index in [-0.39, 0.29) is 16.9 Å². The molecule has 0 bridgehead atoms. The van der Waals surface area contributed by atoms with Gasteiger partial charge in [0.2, 0.25) is 0 Å². The fourth-order valence-electron chi connectivity index (χ4n) is 1.77. The van der Waals surface area contributed by atoms with Crippen molar-refractivity contribution in [1.29, 1.82) is 0 Å². The molecule has 0 saturated carbocycles. The number of hydrogen-bond acceptors (Lipinski definition) is 3. The van der Waals surface area contributed by atoms with Crippen molar-refractivity contribution in [2.24, 2.45) is 0 Å². The zero-order valence-corrected chi connectivity index (χ0v) is 10.4. The minimum Gasteiger partial charge on any atom is -0.405 e. The van der Waals surface area contributed by atoms with E-state index >= 15 is 0 Å². The van der Waals surface area contributed by atoms with Crippen molar-refractivity contribution in [3.05, 3.63) is 47.8 Å². The molecule has 0 N–H and O–H groups in total. The summed E-state index contributed by atoms with van der Waals surface area (Å²) in [6.45, 7) is 1.72. The predicted molar refractivity (Wildman–Crippen MR) is 66.5 cm³/mol. The molecule has 0 aliphatic heterocycles. The molecule has 104 valence electrons. The van der Waals surface area contributed by atoms with E-state index in [2.05, 4.69) is 9.72 Å². The Morgan fingerprint density at radius 3 is 2.55 bits per heavy atom. The molecule has 0 unspecified atom stereocenters. The van der Waals surface area contributed by atoms with Crippen LogP contribution in [-0.4, -0.2) is 17.6 Å². The average molecular weight is 281 g/mol. The minimum absolute atomic E-state index is 0.192. The lowest BCUT2D eigenvalue weighted by atomic mass is 10.0. The van der Waals surface area contributed by atoms with Gasteiger partial charge in [-0.05, 0) is 42.8 Å². The molecule has 1 aromatic carbocycles.